The van der Waals surface area contributed by atoms with Gasteiger partial charge in [0.25, 0.3) is 0 Å². The summed E-state index contributed by atoms with van der Waals surface area (Å²) in [5.41, 5.74) is 4.41. The molecule has 2 N–H and O–H groups in total. The third-order valence-electron chi connectivity index (χ3n) is 4.87. The number of Topliss-reactive ketones (excluding diaryl/α,β-unsaturated/α-hetero) is 2. The maximum absolute atomic E-state index is 13.0. The maximum Gasteiger partial charge on any atom is 0.201 e. The first-order valence-corrected chi connectivity index (χ1v) is 9.16. The number of hydrogen-bond acceptors (Lipinski definition) is 4. The Bertz CT molecular complexity index is 872. The van der Waals surface area contributed by atoms with Crippen molar-refractivity contribution in [1.82, 2.24) is 4.98 Å². The fraction of sp³-hybridized carbons (Fsp3) is 0.455. The second-order valence-electron chi connectivity index (χ2n) is 8.08. The van der Waals surface area contributed by atoms with Crippen LogP contribution >= 0.6 is 0 Å². The first-order chi connectivity index (χ1) is 12.5. The lowest BCUT2D eigenvalue weighted by atomic mass is 9.86. The number of ketones is 2. The first kappa shape index (κ1) is 20.7. The van der Waals surface area contributed by atoms with E-state index in [4.69, 9.17) is 4.74 Å². The highest BCUT2D eigenvalue weighted by molar-refractivity contribution is 6.06. The molecule has 0 fully saturated rings. The minimum absolute atomic E-state index is 0.0144. The van der Waals surface area contributed by atoms with Crippen LogP contribution in [0.1, 0.15) is 72.3 Å². The van der Waals surface area contributed by atoms with Crippen molar-refractivity contribution in [2.24, 2.45) is 0 Å². The number of hydrogen-bond donors (Lipinski definition) is 2. The molecule has 0 saturated carbocycles. The van der Waals surface area contributed by atoms with Crippen molar-refractivity contribution in [1.29, 1.82) is 0 Å². The molecular formula is C22H30N2O3. The molecule has 0 aliphatic heterocycles. The largest absolute Gasteiger partial charge is 0.495 e. The lowest BCUT2D eigenvalue weighted by Gasteiger charge is -2.23. The summed E-state index contributed by atoms with van der Waals surface area (Å²) in [7, 11) is 1.61. The van der Waals surface area contributed by atoms with Crippen molar-refractivity contribution < 1.29 is 14.3 Å². The molecule has 5 nitrogen and oxygen atoms in total. The molecule has 0 bridgehead atoms. The number of H-pyrrole nitrogens is 1. The van der Waals surface area contributed by atoms with Crippen molar-refractivity contribution in [3.63, 3.8) is 0 Å². The minimum Gasteiger partial charge on any atom is -0.495 e. The van der Waals surface area contributed by atoms with Gasteiger partial charge in [-0.25, -0.2) is 0 Å². The van der Waals surface area contributed by atoms with Crippen LogP contribution in [0.5, 0.6) is 5.75 Å². The predicted octanol–water partition coefficient (Wildman–Crippen LogP) is 4.82. The van der Waals surface area contributed by atoms with Gasteiger partial charge in [0.05, 0.1) is 24.5 Å². The van der Waals surface area contributed by atoms with E-state index in [9.17, 15) is 9.59 Å². The van der Waals surface area contributed by atoms with E-state index in [1.165, 1.54) is 6.92 Å². The van der Waals surface area contributed by atoms with Gasteiger partial charge < -0.3 is 15.0 Å². The van der Waals surface area contributed by atoms with Crippen LogP contribution in [-0.4, -0.2) is 29.7 Å². The van der Waals surface area contributed by atoms with Gasteiger partial charge in [0.15, 0.2) is 5.78 Å². The molecule has 0 spiro atoms. The van der Waals surface area contributed by atoms with E-state index >= 15 is 0 Å². The van der Waals surface area contributed by atoms with Crippen LogP contribution in [0.15, 0.2) is 18.2 Å². The molecule has 1 aromatic carbocycles. The van der Waals surface area contributed by atoms with Crippen LogP contribution in [-0.2, 0) is 5.41 Å². The standard InChI is InChI=1S/C22H30N2O3/c1-12-19(15(4)25)13(2)24-20(12)21(26)14(3)23-17-11-16(22(5,6)7)9-10-18(17)27-8/h9-11,14,23-24H,1-8H3/t14-/m1/s1. The van der Waals surface area contributed by atoms with Gasteiger partial charge in [-0.15, -0.1) is 0 Å². The van der Waals surface area contributed by atoms with E-state index in [0.29, 0.717) is 22.6 Å². The van der Waals surface area contributed by atoms with Gasteiger partial charge in [0.2, 0.25) is 5.78 Å². The third-order valence-corrected chi connectivity index (χ3v) is 4.87. The zero-order valence-electron chi connectivity index (χ0n) is 17.5. The highest BCUT2D eigenvalue weighted by atomic mass is 16.5. The second-order valence-corrected chi connectivity index (χ2v) is 8.08. The van der Waals surface area contributed by atoms with E-state index in [1.54, 1.807) is 14.0 Å². The number of aromatic nitrogens is 1. The van der Waals surface area contributed by atoms with Gasteiger partial charge in [0.1, 0.15) is 5.75 Å². The molecular weight excluding hydrogens is 340 g/mol. The summed E-state index contributed by atoms with van der Waals surface area (Å²) in [4.78, 5) is 27.9. The molecule has 27 heavy (non-hydrogen) atoms. The minimum atomic E-state index is -0.481. The van der Waals surface area contributed by atoms with Crippen molar-refractivity contribution in [3.05, 3.63) is 46.3 Å². The topological polar surface area (TPSA) is 71.2 Å². The first-order valence-electron chi connectivity index (χ1n) is 9.16. The monoisotopic (exact) mass is 370 g/mol. The van der Waals surface area contributed by atoms with Crippen molar-refractivity contribution in [3.8, 4) is 5.75 Å². The lowest BCUT2D eigenvalue weighted by molar-refractivity contribution is 0.0970. The summed E-state index contributed by atoms with van der Waals surface area (Å²) in [6, 6.07) is 5.49. The Morgan fingerprint density at radius 3 is 2.30 bits per heavy atom. The molecule has 1 aromatic heterocycles. The van der Waals surface area contributed by atoms with Crippen molar-refractivity contribution >= 4 is 17.3 Å². The van der Waals surface area contributed by atoms with Crippen LogP contribution < -0.4 is 10.1 Å². The van der Waals surface area contributed by atoms with Crippen molar-refractivity contribution in [2.45, 2.75) is 59.9 Å². The van der Waals surface area contributed by atoms with Gasteiger partial charge in [-0.1, -0.05) is 26.8 Å². The number of carbonyl (C=O) groups excluding carboxylic acids is 2. The van der Waals surface area contributed by atoms with Gasteiger partial charge in [0, 0.05) is 11.3 Å². The zero-order valence-corrected chi connectivity index (χ0v) is 17.5. The van der Waals surface area contributed by atoms with E-state index in [-0.39, 0.29) is 17.0 Å². The number of aryl methyl sites for hydroxylation is 1. The predicted molar refractivity (Wildman–Crippen MR) is 109 cm³/mol. The number of rotatable bonds is 6. The number of anilines is 1. The molecule has 0 aliphatic carbocycles. The highest BCUT2D eigenvalue weighted by Gasteiger charge is 2.25. The van der Waals surface area contributed by atoms with E-state index < -0.39 is 6.04 Å². The van der Waals surface area contributed by atoms with Gasteiger partial charge in [-0.2, -0.15) is 0 Å². The van der Waals surface area contributed by atoms with Crippen LogP contribution in [0, 0.1) is 13.8 Å². The molecule has 2 aromatic rings. The molecule has 0 unspecified atom stereocenters. The molecule has 1 atom stereocenters. The summed E-state index contributed by atoms with van der Waals surface area (Å²) < 4.78 is 5.45. The Morgan fingerprint density at radius 2 is 1.81 bits per heavy atom. The molecule has 5 heteroatoms. The SMILES string of the molecule is COc1ccc(C(C)(C)C)cc1N[C@H](C)C(=O)c1[nH]c(C)c(C(C)=O)c1C. The van der Waals surface area contributed by atoms with Crippen LogP contribution in [0.2, 0.25) is 0 Å². The molecule has 0 saturated heterocycles. The van der Waals surface area contributed by atoms with Crippen LogP contribution in [0.25, 0.3) is 0 Å². The molecule has 0 aliphatic rings. The fourth-order valence-corrected chi connectivity index (χ4v) is 3.33. The summed E-state index contributed by atoms with van der Waals surface area (Å²) in [6.07, 6.45) is 0. The Morgan fingerprint density at radius 1 is 1.19 bits per heavy atom. The van der Waals surface area contributed by atoms with E-state index in [0.717, 1.165) is 16.9 Å². The Labute approximate surface area is 161 Å². The average molecular weight is 370 g/mol. The average Bonchev–Trinajstić information content (AvgIpc) is 2.87. The quantitative estimate of drug-likeness (QED) is 0.715. The zero-order chi connectivity index (χ0) is 20.5. The molecule has 1 heterocycles. The molecule has 2 rings (SSSR count). The number of methoxy groups -OCH3 is 1. The van der Waals surface area contributed by atoms with Gasteiger partial charge >= 0.3 is 0 Å². The van der Waals surface area contributed by atoms with Crippen LogP contribution in [0.4, 0.5) is 5.69 Å². The summed E-state index contributed by atoms with van der Waals surface area (Å²) >= 11 is 0. The van der Waals surface area contributed by atoms with Crippen LogP contribution in [0.3, 0.4) is 0 Å². The number of ether oxygens (including phenoxy) is 1. The third kappa shape index (κ3) is 4.24. The summed E-state index contributed by atoms with van der Waals surface area (Å²) in [5, 5.41) is 3.28. The fourth-order valence-electron chi connectivity index (χ4n) is 3.33. The summed E-state index contributed by atoms with van der Waals surface area (Å²) in [6.45, 7) is 13.4. The van der Waals surface area contributed by atoms with Gasteiger partial charge in [-0.3, -0.25) is 9.59 Å². The van der Waals surface area contributed by atoms with E-state index in [1.807, 2.05) is 32.0 Å². The number of carbonyl (C=O) groups is 2. The normalized spacial score (nSPS) is 12.6. The number of aromatic amines is 1. The van der Waals surface area contributed by atoms with Gasteiger partial charge in [-0.05, 0) is 56.4 Å². The molecule has 0 amide bonds. The molecule has 0 radical (unpaired) electrons. The summed E-state index contributed by atoms with van der Waals surface area (Å²) in [5.74, 6) is 0.554. The van der Waals surface area contributed by atoms with Crippen molar-refractivity contribution in [2.75, 3.05) is 12.4 Å². The number of benzene rings is 1. The lowest BCUT2D eigenvalue weighted by Crippen LogP contribution is -2.27. The Kier molecular flexibility index (Phi) is 5.83. The Hall–Kier alpha value is -2.56. The number of nitrogens with one attached hydrogen (secondary N) is 2. The Balaban J connectivity index is 2.35. The smallest absolute Gasteiger partial charge is 0.201 e. The second kappa shape index (κ2) is 7.59. The molecule has 146 valence electrons. The highest BCUT2D eigenvalue weighted by Crippen LogP contribution is 2.32. The maximum atomic E-state index is 13.0. The van der Waals surface area contributed by atoms with E-state index in [2.05, 4.69) is 31.1 Å².